The van der Waals surface area contributed by atoms with Crippen LogP contribution in [-0.2, 0) is 16.1 Å². The van der Waals surface area contributed by atoms with Gasteiger partial charge in [0.1, 0.15) is 12.6 Å². The van der Waals surface area contributed by atoms with Crippen molar-refractivity contribution in [2.75, 3.05) is 13.7 Å². The molecule has 0 unspecified atom stereocenters. The van der Waals surface area contributed by atoms with Crippen LogP contribution in [0.1, 0.15) is 36.6 Å². The Morgan fingerprint density at radius 3 is 2.44 bits per heavy atom. The summed E-state index contributed by atoms with van der Waals surface area (Å²) in [5.74, 6) is 0.586. The molecule has 4 aromatic rings. The fourth-order valence-electron chi connectivity index (χ4n) is 4.47. The molecule has 1 atom stereocenters. The van der Waals surface area contributed by atoms with Crippen LogP contribution in [0.4, 0.5) is 0 Å². The second-order valence-electron chi connectivity index (χ2n) is 8.88. The summed E-state index contributed by atoms with van der Waals surface area (Å²) < 4.78 is 19.1. The van der Waals surface area contributed by atoms with Crippen LogP contribution >= 0.6 is 11.3 Å². The van der Waals surface area contributed by atoms with Gasteiger partial charge in [-0.05, 0) is 48.7 Å². The van der Waals surface area contributed by atoms with Gasteiger partial charge in [-0.25, -0.2) is 9.79 Å². The number of allylic oxidation sites excluding steroid dienone is 1. The van der Waals surface area contributed by atoms with E-state index < -0.39 is 12.0 Å². The molecule has 0 radical (unpaired) electrons. The molecule has 5 rings (SSSR count). The molecule has 0 N–H and O–H groups in total. The van der Waals surface area contributed by atoms with Crippen LogP contribution in [0.25, 0.3) is 11.8 Å². The second-order valence-corrected chi connectivity index (χ2v) is 9.89. The molecule has 0 saturated heterocycles. The lowest BCUT2D eigenvalue weighted by atomic mass is 9.96. The summed E-state index contributed by atoms with van der Waals surface area (Å²) in [5, 5.41) is 0. The topological polar surface area (TPSA) is 79.1 Å². The van der Waals surface area contributed by atoms with Gasteiger partial charge in [0.25, 0.3) is 5.56 Å². The second kappa shape index (κ2) is 11.5. The molecule has 2 heterocycles. The SMILES string of the molecule is CCOC(=O)C1=C(C)n2c(s/c(=C\c3ccccc3)c2=O)=N[C@@H]1c1ccc(OCc2ccccc2)c(OC)c1. The molecule has 8 heteroatoms. The van der Waals surface area contributed by atoms with Gasteiger partial charge in [0.2, 0.25) is 0 Å². The van der Waals surface area contributed by atoms with Gasteiger partial charge in [-0.15, -0.1) is 0 Å². The van der Waals surface area contributed by atoms with E-state index >= 15 is 0 Å². The molecule has 7 nitrogen and oxygen atoms in total. The number of hydrogen-bond donors (Lipinski definition) is 0. The minimum atomic E-state index is -0.677. The number of benzene rings is 3. The molecule has 0 fully saturated rings. The Hall–Kier alpha value is -4.43. The van der Waals surface area contributed by atoms with E-state index in [0.717, 1.165) is 16.7 Å². The van der Waals surface area contributed by atoms with E-state index in [1.165, 1.54) is 15.9 Å². The fourth-order valence-corrected chi connectivity index (χ4v) is 5.51. The van der Waals surface area contributed by atoms with Gasteiger partial charge in [0.15, 0.2) is 16.3 Å². The van der Waals surface area contributed by atoms with Crippen LogP contribution < -0.4 is 24.4 Å². The standard InChI is InChI=1S/C31H28N2O5S/c1-4-37-30(35)27-20(2)33-29(34)26(17-21-11-7-5-8-12-21)39-31(33)32-28(27)23-15-16-24(25(18-23)36-3)38-19-22-13-9-6-10-14-22/h5-18,28H,4,19H2,1-3H3/b26-17-/t28-/m1/s1. The van der Waals surface area contributed by atoms with Crippen LogP contribution in [0.2, 0.25) is 0 Å². The van der Waals surface area contributed by atoms with Crippen molar-refractivity contribution in [3.8, 4) is 11.5 Å². The van der Waals surface area contributed by atoms with Gasteiger partial charge in [0.05, 0.1) is 23.8 Å². The van der Waals surface area contributed by atoms with E-state index in [0.29, 0.717) is 38.7 Å². The summed E-state index contributed by atoms with van der Waals surface area (Å²) in [6.45, 7) is 4.10. The van der Waals surface area contributed by atoms with Gasteiger partial charge in [-0.3, -0.25) is 9.36 Å². The van der Waals surface area contributed by atoms with Crippen molar-refractivity contribution in [2.24, 2.45) is 4.99 Å². The number of fused-ring (bicyclic) bond motifs is 1. The molecule has 0 aliphatic carbocycles. The highest BCUT2D eigenvalue weighted by Crippen LogP contribution is 2.37. The molecule has 1 aromatic heterocycles. The van der Waals surface area contributed by atoms with Crippen LogP contribution in [-0.4, -0.2) is 24.3 Å². The number of esters is 1. The van der Waals surface area contributed by atoms with E-state index in [1.54, 1.807) is 21.0 Å². The highest BCUT2D eigenvalue weighted by molar-refractivity contribution is 7.07. The Morgan fingerprint density at radius 1 is 1.03 bits per heavy atom. The van der Waals surface area contributed by atoms with Crippen molar-refractivity contribution in [1.82, 2.24) is 4.57 Å². The minimum Gasteiger partial charge on any atom is -0.493 e. The number of carbonyl (C=O) groups is 1. The Morgan fingerprint density at radius 2 is 1.74 bits per heavy atom. The molecular formula is C31H28N2O5S. The summed E-state index contributed by atoms with van der Waals surface area (Å²) in [6.07, 6.45) is 1.84. The summed E-state index contributed by atoms with van der Waals surface area (Å²) >= 11 is 1.29. The zero-order valence-corrected chi connectivity index (χ0v) is 22.7. The third kappa shape index (κ3) is 5.42. The van der Waals surface area contributed by atoms with Crippen molar-refractivity contribution < 1.29 is 19.0 Å². The van der Waals surface area contributed by atoms with Crippen LogP contribution in [0.3, 0.4) is 0 Å². The van der Waals surface area contributed by atoms with Crippen LogP contribution in [0.15, 0.2) is 94.2 Å². The van der Waals surface area contributed by atoms with E-state index in [2.05, 4.69) is 0 Å². The average molecular weight is 541 g/mol. The minimum absolute atomic E-state index is 0.205. The first-order valence-corrected chi connectivity index (χ1v) is 13.4. The fraction of sp³-hybridized carbons (Fsp3) is 0.194. The van der Waals surface area contributed by atoms with Gasteiger partial charge in [-0.2, -0.15) is 0 Å². The number of carbonyl (C=O) groups excluding carboxylic acids is 1. The molecule has 0 spiro atoms. The van der Waals surface area contributed by atoms with Gasteiger partial charge in [-0.1, -0.05) is 78.1 Å². The quantitative estimate of drug-likeness (QED) is 0.308. The zero-order valence-electron chi connectivity index (χ0n) is 21.9. The molecule has 1 aliphatic heterocycles. The molecule has 39 heavy (non-hydrogen) atoms. The summed E-state index contributed by atoms with van der Waals surface area (Å²) in [4.78, 5) is 32.0. The normalized spacial score (nSPS) is 14.9. The maximum Gasteiger partial charge on any atom is 0.338 e. The van der Waals surface area contributed by atoms with Gasteiger partial charge < -0.3 is 14.2 Å². The summed E-state index contributed by atoms with van der Waals surface area (Å²) in [5.41, 5.74) is 3.27. The predicted molar refractivity (Wildman–Crippen MR) is 151 cm³/mol. The van der Waals surface area contributed by atoms with E-state index in [4.69, 9.17) is 19.2 Å². The highest BCUT2D eigenvalue weighted by atomic mass is 32.1. The average Bonchev–Trinajstić information content (AvgIpc) is 3.27. The number of nitrogens with zero attached hydrogens (tertiary/aromatic N) is 2. The lowest BCUT2D eigenvalue weighted by Gasteiger charge is -2.23. The Kier molecular flexibility index (Phi) is 7.74. The Labute approximate surface area is 229 Å². The third-order valence-corrected chi connectivity index (χ3v) is 7.36. The number of ether oxygens (including phenoxy) is 3. The molecule has 0 amide bonds. The first-order valence-electron chi connectivity index (χ1n) is 12.6. The number of methoxy groups -OCH3 is 1. The lowest BCUT2D eigenvalue weighted by molar-refractivity contribution is -0.138. The van der Waals surface area contributed by atoms with Crippen molar-refractivity contribution in [3.05, 3.63) is 121 Å². The Balaban J connectivity index is 1.59. The molecular weight excluding hydrogens is 512 g/mol. The molecule has 198 valence electrons. The van der Waals surface area contributed by atoms with E-state index in [9.17, 15) is 9.59 Å². The maximum absolute atomic E-state index is 13.4. The molecule has 0 saturated carbocycles. The van der Waals surface area contributed by atoms with Gasteiger partial charge in [0, 0.05) is 5.70 Å². The number of rotatable bonds is 8. The Bertz CT molecular complexity index is 1710. The molecule has 1 aliphatic rings. The van der Waals surface area contributed by atoms with Crippen LogP contribution in [0, 0.1) is 0 Å². The number of hydrogen-bond acceptors (Lipinski definition) is 7. The van der Waals surface area contributed by atoms with E-state index in [1.807, 2.05) is 84.9 Å². The summed E-state index contributed by atoms with van der Waals surface area (Å²) in [7, 11) is 1.57. The van der Waals surface area contributed by atoms with Crippen LogP contribution in [0.5, 0.6) is 11.5 Å². The van der Waals surface area contributed by atoms with Crippen molar-refractivity contribution >= 4 is 29.1 Å². The zero-order chi connectivity index (χ0) is 27.4. The number of aromatic nitrogens is 1. The first-order chi connectivity index (χ1) is 19.0. The van der Waals surface area contributed by atoms with E-state index in [-0.39, 0.29) is 12.2 Å². The van der Waals surface area contributed by atoms with Crippen molar-refractivity contribution in [1.29, 1.82) is 0 Å². The monoisotopic (exact) mass is 540 g/mol. The highest BCUT2D eigenvalue weighted by Gasteiger charge is 2.32. The number of thiazole rings is 1. The molecule has 3 aromatic carbocycles. The lowest BCUT2D eigenvalue weighted by Crippen LogP contribution is -2.35. The maximum atomic E-state index is 13.4. The smallest absolute Gasteiger partial charge is 0.338 e. The molecule has 0 bridgehead atoms. The summed E-state index contributed by atoms with van der Waals surface area (Å²) in [6, 6.07) is 24.3. The van der Waals surface area contributed by atoms with Crippen molar-refractivity contribution in [2.45, 2.75) is 26.5 Å². The van der Waals surface area contributed by atoms with Crippen molar-refractivity contribution in [3.63, 3.8) is 0 Å². The third-order valence-electron chi connectivity index (χ3n) is 6.38. The van der Waals surface area contributed by atoms with Gasteiger partial charge >= 0.3 is 5.97 Å². The first kappa shape index (κ1) is 26.2. The predicted octanol–water partition coefficient (Wildman–Crippen LogP) is 4.49. The largest absolute Gasteiger partial charge is 0.493 e.